The van der Waals surface area contributed by atoms with Gasteiger partial charge in [-0.05, 0) is 30.5 Å². The van der Waals surface area contributed by atoms with E-state index in [1.54, 1.807) is 6.07 Å². The van der Waals surface area contributed by atoms with Crippen molar-refractivity contribution in [2.45, 2.75) is 24.6 Å². The Labute approximate surface area is 117 Å². The van der Waals surface area contributed by atoms with Crippen molar-refractivity contribution in [2.24, 2.45) is 0 Å². The zero-order valence-electron chi connectivity index (χ0n) is 10.9. The lowest BCUT2D eigenvalue weighted by Crippen LogP contribution is -2.41. The van der Waals surface area contributed by atoms with Crippen LogP contribution in [0.2, 0.25) is 0 Å². The number of hydrogen-bond acceptors (Lipinski definition) is 4. The third-order valence-electron chi connectivity index (χ3n) is 3.04. The van der Waals surface area contributed by atoms with E-state index in [0.29, 0.717) is 18.8 Å². The summed E-state index contributed by atoms with van der Waals surface area (Å²) in [6, 6.07) is 5.75. The van der Waals surface area contributed by atoms with Crippen LogP contribution in [0.15, 0.2) is 24.3 Å². The maximum atomic E-state index is 12.0. The van der Waals surface area contributed by atoms with Crippen molar-refractivity contribution in [2.75, 3.05) is 13.2 Å². The van der Waals surface area contributed by atoms with Crippen molar-refractivity contribution in [1.82, 2.24) is 4.72 Å². The molecule has 1 aliphatic heterocycles. The Hall–Kier alpha value is -1.44. The van der Waals surface area contributed by atoms with Gasteiger partial charge in [0.1, 0.15) is 0 Å². The predicted octanol–water partition coefficient (Wildman–Crippen LogP) is 0.983. The van der Waals surface area contributed by atoms with Crippen LogP contribution in [0.1, 0.15) is 28.8 Å². The minimum atomic E-state index is -3.50. The molecule has 6 nitrogen and oxygen atoms in total. The van der Waals surface area contributed by atoms with E-state index < -0.39 is 16.0 Å². The molecule has 0 aliphatic carbocycles. The molecule has 1 heterocycles. The number of benzene rings is 1. The average molecular weight is 299 g/mol. The van der Waals surface area contributed by atoms with Gasteiger partial charge in [0.05, 0.1) is 17.9 Å². The van der Waals surface area contributed by atoms with E-state index in [4.69, 9.17) is 9.84 Å². The second kappa shape index (κ2) is 6.34. The van der Waals surface area contributed by atoms with Crippen molar-refractivity contribution < 1.29 is 23.1 Å². The number of carboxylic acids is 1. The maximum absolute atomic E-state index is 12.0. The smallest absolute Gasteiger partial charge is 0.335 e. The lowest BCUT2D eigenvalue weighted by molar-refractivity contribution is 0.0696. The summed E-state index contributed by atoms with van der Waals surface area (Å²) in [4.78, 5) is 10.9. The molecule has 2 N–H and O–H groups in total. The number of carboxylic acid groups (broad SMARTS) is 1. The Morgan fingerprint density at radius 2 is 2.25 bits per heavy atom. The molecule has 7 heteroatoms. The zero-order valence-corrected chi connectivity index (χ0v) is 11.7. The minimum absolute atomic E-state index is 0.0821. The second-order valence-electron chi connectivity index (χ2n) is 4.80. The Kier molecular flexibility index (Phi) is 4.74. The van der Waals surface area contributed by atoms with Gasteiger partial charge in [-0.1, -0.05) is 12.1 Å². The van der Waals surface area contributed by atoms with E-state index in [9.17, 15) is 13.2 Å². The first-order valence-corrected chi connectivity index (χ1v) is 8.01. The van der Waals surface area contributed by atoms with Crippen LogP contribution >= 0.6 is 0 Å². The molecular weight excluding hydrogens is 282 g/mol. The van der Waals surface area contributed by atoms with Crippen LogP contribution in [0.5, 0.6) is 0 Å². The summed E-state index contributed by atoms with van der Waals surface area (Å²) in [6.07, 6.45) is 1.59. The fourth-order valence-corrected chi connectivity index (χ4v) is 3.54. The van der Waals surface area contributed by atoms with Gasteiger partial charge in [0.15, 0.2) is 0 Å². The highest BCUT2D eigenvalue weighted by Gasteiger charge is 2.21. The molecule has 20 heavy (non-hydrogen) atoms. The third-order valence-corrected chi connectivity index (χ3v) is 4.44. The number of rotatable bonds is 5. The maximum Gasteiger partial charge on any atom is 0.335 e. The van der Waals surface area contributed by atoms with Gasteiger partial charge < -0.3 is 9.84 Å². The fourth-order valence-electron chi connectivity index (χ4n) is 2.14. The summed E-state index contributed by atoms with van der Waals surface area (Å²) in [6.45, 7) is 1.05. The van der Waals surface area contributed by atoms with Crippen LogP contribution in [0.25, 0.3) is 0 Å². The van der Waals surface area contributed by atoms with Crippen LogP contribution in [0.4, 0.5) is 0 Å². The Morgan fingerprint density at radius 1 is 1.45 bits per heavy atom. The molecule has 0 saturated carbocycles. The summed E-state index contributed by atoms with van der Waals surface area (Å²) in [5.74, 6) is -1.30. The van der Waals surface area contributed by atoms with Gasteiger partial charge in [-0.3, -0.25) is 0 Å². The van der Waals surface area contributed by atoms with E-state index in [2.05, 4.69) is 4.72 Å². The number of aromatic carboxylic acids is 1. The van der Waals surface area contributed by atoms with Crippen LogP contribution in [0, 0.1) is 0 Å². The van der Waals surface area contributed by atoms with E-state index in [1.165, 1.54) is 18.2 Å². The second-order valence-corrected chi connectivity index (χ2v) is 6.55. The summed E-state index contributed by atoms with van der Waals surface area (Å²) in [5, 5.41) is 8.89. The molecule has 0 amide bonds. The first-order chi connectivity index (χ1) is 9.46. The summed E-state index contributed by atoms with van der Waals surface area (Å²) >= 11 is 0. The highest BCUT2D eigenvalue weighted by atomic mass is 32.2. The summed E-state index contributed by atoms with van der Waals surface area (Å²) in [5.41, 5.74) is 0.535. The number of carbonyl (C=O) groups is 1. The minimum Gasteiger partial charge on any atom is -0.478 e. The van der Waals surface area contributed by atoms with Gasteiger partial charge in [-0.15, -0.1) is 0 Å². The number of ether oxygens (including phenoxy) is 1. The van der Waals surface area contributed by atoms with Gasteiger partial charge in [0.2, 0.25) is 10.0 Å². The summed E-state index contributed by atoms with van der Waals surface area (Å²) < 4.78 is 31.9. The molecule has 0 aromatic heterocycles. The van der Waals surface area contributed by atoms with Gasteiger partial charge >= 0.3 is 5.97 Å². The Bertz CT molecular complexity index is 578. The SMILES string of the molecule is O=C(O)c1cccc(CS(=O)(=O)NC2CCCOC2)c1. The normalized spacial score (nSPS) is 19.7. The molecule has 0 bridgehead atoms. The quantitative estimate of drug-likeness (QED) is 0.845. The first-order valence-electron chi connectivity index (χ1n) is 6.36. The highest BCUT2D eigenvalue weighted by molar-refractivity contribution is 7.88. The Morgan fingerprint density at radius 3 is 2.90 bits per heavy atom. The lowest BCUT2D eigenvalue weighted by Gasteiger charge is -2.22. The van der Waals surface area contributed by atoms with Gasteiger partial charge in [0.25, 0.3) is 0 Å². The highest BCUT2D eigenvalue weighted by Crippen LogP contribution is 2.12. The van der Waals surface area contributed by atoms with Crippen LogP contribution < -0.4 is 4.72 Å². The van der Waals surface area contributed by atoms with Crippen molar-refractivity contribution >= 4 is 16.0 Å². The standard InChI is InChI=1S/C13H17NO5S/c15-13(16)11-4-1-3-10(7-11)9-20(17,18)14-12-5-2-6-19-8-12/h1,3-4,7,12,14H,2,5-6,8-9H2,(H,15,16). The molecule has 0 spiro atoms. The summed E-state index contributed by atoms with van der Waals surface area (Å²) in [7, 11) is -3.50. The van der Waals surface area contributed by atoms with E-state index >= 15 is 0 Å². The molecule has 1 saturated heterocycles. The molecule has 1 atom stereocenters. The third kappa shape index (κ3) is 4.29. The molecule has 1 aromatic rings. The fraction of sp³-hybridized carbons (Fsp3) is 0.462. The number of nitrogens with one attached hydrogen (secondary N) is 1. The predicted molar refractivity (Wildman–Crippen MR) is 73.0 cm³/mol. The number of sulfonamides is 1. The first kappa shape index (κ1) is 15.0. The molecule has 110 valence electrons. The Balaban J connectivity index is 2.03. The van der Waals surface area contributed by atoms with Crippen molar-refractivity contribution in [3.63, 3.8) is 0 Å². The van der Waals surface area contributed by atoms with E-state index in [-0.39, 0.29) is 17.4 Å². The van der Waals surface area contributed by atoms with Crippen molar-refractivity contribution in [3.8, 4) is 0 Å². The molecule has 1 aliphatic rings. The van der Waals surface area contributed by atoms with E-state index in [0.717, 1.165) is 12.8 Å². The van der Waals surface area contributed by atoms with Gasteiger partial charge in [-0.2, -0.15) is 0 Å². The largest absolute Gasteiger partial charge is 0.478 e. The van der Waals surface area contributed by atoms with Gasteiger partial charge in [-0.25, -0.2) is 17.9 Å². The molecular formula is C13H17NO5S. The van der Waals surface area contributed by atoms with Crippen molar-refractivity contribution in [3.05, 3.63) is 35.4 Å². The van der Waals surface area contributed by atoms with Crippen LogP contribution in [-0.4, -0.2) is 38.7 Å². The monoisotopic (exact) mass is 299 g/mol. The lowest BCUT2D eigenvalue weighted by atomic mass is 10.1. The molecule has 2 rings (SSSR count). The number of hydrogen-bond donors (Lipinski definition) is 2. The molecule has 1 aromatic carbocycles. The van der Waals surface area contributed by atoms with Crippen LogP contribution in [-0.2, 0) is 20.5 Å². The molecule has 1 unspecified atom stereocenters. The average Bonchev–Trinajstić information content (AvgIpc) is 2.39. The molecule has 1 fully saturated rings. The zero-order chi connectivity index (χ0) is 14.6. The van der Waals surface area contributed by atoms with E-state index in [1.807, 2.05) is 0 Å². The van der Waals surface area contributed by atoms with Gasteiger partial charge in [0, 0.05) is 12.6 Å². The van der Waals surface area contributed by atoms with Crippen molar-refractivity contribution in [1.29, 1.82) is 0 Å². The molecule has 0 radical (unpaired) electrons. The topological polar surface area (TPSA) is 92.7 Å². The van der Waals surface area contributed by atoms with Crippen LogP contribution in [0.3, 0.4) is 0 Å².